The number of hydrogen-bond acceptors (Lipinski definition) is 1. The Morgan fingerprint density at radius 1 is 1.35 bits per heavy atom. The van der Waals surface area contributed by atoms with Gasteiger partial charge in [-0.25, -0.2) is 4.79 Å². The van der Waals surface area contributed by atoms with Gasteiger partial charge in [-0.2, -0.15) is 0 Å². The molecule has 3 heteroatoms. The van der Waals surface area contributed by atoms with Crippen LogP contribution in [0.4, 0.5) is 0 Å². The Kier molecular flexibility index (Phi) is 1.59. The molecule has 3 nitrogen and oxygen atoms in total. The van der Waals surface area contributed by atoms with E-state index in [-0.39, 0.29) is 0 Å². The molecular weight excluding hydrogens is 214 g/mol. The SMILES string of the molecule is O=C(O)c1c2n(c3ccccc13)CCC1CC21. The van der Waals surface area contributed by atoms with Gasteiger partial charge in [-0.05, 0) is 24.8 Å². The standard InChI is InChI=1S/C14H13NO2/c16-14(17)12-9-3-1-2-4-11(9)15-6-5-8-7-10(8)13(12)15/h1-4,8,10H,5-7H2,(H,16,17). The molecule has 1 N–H and O–H groups in total. The highest BCUT2D eigenvalue weighted by Gasteiger charge is 2.46. The molecule has 2 unspecified atom stereocenters. The molecule has 1 fully saturated rings. The summed E-state index contributed by atoms with van der Waals surface area (Å²) in [5.74, 6) is 0.467. The molecule has 86 valence electrons. The van der Waals surface area contributed by atoms with E-state index in [0.717, 1.165) is 29.1 Å². The first-order valence-electron chi connectivity index (χ1n) is 6.12. The van der Waals surface area contributed by atoms with Crippen molar-refractivity contribution in [1.29, 1.82) is 0 Å². The molecule has 0 saturated heterocycles. The average Bonchev–Trinajstić information content (AvgIpc) is 3.03. The van der Waals surface area contributed by atoms with Crippen molar-refractivity contribution in [2.45, 2.75) is 25.3 Å². The van der Waals surface area contributed by atoms with Gasteiger partial charge >= 0.3 is 5.97 Å². The van der Waals surface area contributed by atoms with Gasteiger partial charge in [-0.15, -0.1) is 0 Å². The van der Waals surface area contributed by atoms with Gasteiger partial charge in [0.2, 0.25) is 0 Å². The number of aromatic nitrogens is 1. The Balaban J connectivity index is 2.13. The van der Waals surface area contributed by atoms with Crippen LogP contribution in [0.2, 0.25) is 0 Å². The van der Waals surface area contributed by atoms with Crippen molar-refractivity contribution in [2.75, 3.05) is 0 Å². The number of aromatic carboxylic acids is 1. The molecule has 17 heavy (non-hydrogen) atoms. The van der Waals surface area contributed by atoms with Crippen LogP contribution in [-0.4, -0.2) is 15.6 Å². The van der Waals surface area contributed by atoms with Gasteiger partial charge in [-0.3, -0.25) is 0 Å². The van der Waals surface area contributed by atoms with Gasteiger partial charge in [0.15, 0.2) is 0 Å². The molecule has 0 amide bonds. The maximum absolute atomic E-state index is 11.5. The van der Waals surface area contributed by atoms with Crippen LogP contribution >= 0.6 is 0 Å². The lowest BCUT2D eigenvalue weighted by atomic mass is 10.1. The minimum atomic E-state index is -0.775. The summed E-state index contributed by atoms with van der Waals surface area (Å²) < 4.78 is 2.23. The van der Waals surface area contributed by atoms with Crippen molar-refractivity contribution >= 4 is 16.9 Å². The van der Waals surface area contributed by atoms with E-state index < -0.39 is 5.97 Å². The number of benzene rings is 1. The van der Waals surface area contributed by atoms with E-state index in [1.165, 1.54) is 12.8 Å². The maximum atomic E-state index is 11.5. The molecule has 2 atom stereocenters. The number of fused-ring (bicyclic) bond motifs is 5. The van der Waals surface area contributed by atoms with E-state index in [0.29, 0.717) is 11.5 Å². The summed E-state index contributed by atoms with van der Waals surface area (Å²) in [6.07, 6.45) is 2.38. The smallest absolute Gasteiger partial charge is 0.338 e. The van der Waals surface area contributed by atoms with E-state index >= 15 is 0 Å². The third-order valence-electron chi connectivity index (χ3n) is 4.22. The first-order valence-corrected chi connectivity index (χ1v) is 6.12. The molecule has 2 heterocycles. The van der Waals surface area contributed by atoms with E-state index in [1.54, 1.807) is 0 Å². The molecule has 0 spiro atoms. The topological polar surface area (TPSA) is 42.2 Å². The van der Waals surface area contributed by atoms with Gasteiger partial charge in [0, 0.05) is 29.1 Å². The zero-order chi connectivity index (χ0) is 11.6. The molecule has 0 radical (unpaired) electrons. The van der Waals surface area contributed by atoms with E-state index in [1.807, 2.05) is 24.3 Å². The molecule has 2 aliphatic rings. The summed E-state index contributed by atoms with van der Waals surface area (Å²) in [6, 6.07) is 7.88. The van der Waals surface area contributed by atoms with Crippen LogP contribution < -0.4 is 0 Å². The van der Waals surface area contributed by atoms with Crippen LogP contribution in [0.1, 0.15) is 34.8 Å². The van der Waals surface area contributed by atoms with Gasteiger partial charge in [0.05, 0.1) is 5.56 Å². The second-order valence-corrected chi connectivity index (χ2v) is 5.13. The summed E-state index contributed by atoms with van der Waals surface area (Å²) in [5.41, 5.74) is 2.72. The third kappa shape index (κ3) is 1.09. The second kappa shape index (κ2) is 2.92. The van der Waals surface area contributed by atoms with Crippen LogP contribution in [0.25, 0.3) is 10.9 Å². The predicted octanol–water partition coefficient (Wildman–Crippen LogP) is 2.85. The molecular formula is C14H13NO2. The summed E-state index contributed by atoms with van der Waals surface area (Å²) >= 11 is 0. The molecule has 1 aromatic heterocycles. The van der Waals surface area contributed by atoms with Crippen molar-refractivity contribution in [2.24, 2.45) is 5.92 Å². The molecule has 2 aromatic rings. The summed E-state index contributed by atoms with van der Waals surface area (Å²) in [6.45, 7) is 0.976. The molecule has 1 aromatic carbocycles. The number of para-hydroxylation sites is 1. The van der Waals surface area contributed by atoms with Crippen molar-refractivity contribution in [3.8, 4) is 0 Å². The molecule has 0 bridgehead atoms. The monoisotopic (exact) mass is 227 g/mol. The fraction of sp³-hybridized carbons (Fsp3) is 0.357. The lowest BCUT2D eigenvalue weighted by molar-refractivity contribution is 0.0697. The highest BCUT2D eigenvalue weighted by atomic mass is 16.4. The highest BCUT2D eigenvalue weighted by molar-refractivity contribution is 6.05. The zero-order valence-corrected chi connectivity index (χ0v) is 9.39. The van der Waals surface area contributed by atoms with Crippen molar-refractivity contribution in [3.63, 3.8) is 0 Å². The Bertz CT molecular complexity index is 641. The molecule has 1 saturated carbocycles. The van der Waals surface area contributed by atoms with E-state index in [2.05, 4.69) is 4.57 Å². The summed E-state index contributed by atoms with van der Waals surface area (Å²) in [7, 11) is 0. The normalized spacial score (nSPS) is 25.4. The fourth-order valence-electron chi connectivity index (χ4n) is 3.37. The van der Waals surface area contributed by atoms with Crippen molar-refractivity contribution in [3.05, 3.63) is 35.5 Å². The van der Waals surface area contributed by atoms with Gasteiger partial charge < -0.3 is 9.67 Å². The quantitative estimate of drug-likeness (QED) is 0.814. The lowest BCUT2D eigenvalue weighted by Gasteiger charge is -2.15. The fourth-order valence-corrected chi connectivity index (χ4v) is 3.37. The third-order valence-corrected chi connectivity index (χ3v) is 4.22. The largest absolute Gasteiger partial charge is 0.478 e. The number of aryl methyl sites for hydroxylation is 1. The first-order chi connectivity index (χ1) is 8.27. The molecule has 1 aliphatic heterocycles. The Hall–Kier alpha value is -1.77. The van der Waals surface area contributed by atoms with Gasteiger partial charge in [0.1, 0.15) is 0 Å². The number of rotatable bonds is 1. The molecule has 1 aliphatic carbocycles. The summed E-state index contributed by atoms with van der Waals surface area (Å²) in [4.78, 5) is 11.5. The van der Waals surface area contributed by atoms with Crippen LogP contribution in [-0.2, 0) is 6.54 Å². The van der Waals surface area contributed by atoms with Crippen molar-refractivity contribution < 1.29 is 9.90 Å². The number of nitrogens with zero attached hydrogens (tertiary/aromatic N) is 1. The number of carboxylic acid groups (broad SMARTS) is 1. The maximum Gasteiger partial charge on any atom is 0.338 e. The van der Waals surface area contributed by atoms with E-state index in [4.69, 9.17) is 0 Å². The summed E-state index contributed by atoms with van der Waals surface area (Å²) in [5, 5.41) is 10.4. The number of hydrogen-bond donors (Lipinski definition) is 1. The van der Waals surface area contributed by atoms with Crippen LogP contribution in [0.15, 0.2) is 24.3 Å². The Labute approximate surface area is 98.7 Å². The van der Waals surface area contributed by atoms with Crippen LogP contribution in [0.5, 0.6) is 0 Å². The molecule has 4 rings (SSSR count). The van der Waals surface area contributed by atoms with Gasteiger partial charge in [0.25, 0.3) is 0 Å². The number of carbonyl (C=O) groups is 1. The number of carboxylic acids is 1. The Morgan fingerprint density at radius 3 is 3.00 bits per heavy atom. The minimum Gasteiger partial charge on any atom is -0.478 e. The zero-order valence-electron chi connectivity index (χ0n) is 9.39. The van der Waals surface area contributed by atoms with E-state index in [9.17, 15) is 9.90 Å². The average molecular weight is 227 g/mol. The van der Waals surface area contributed by atoms with Gasteiger partial charge in [-0.1, -0.05) is 18.2 Å². The predicted molar refractivity (Wildman–Crippen MR) is 64.4 cm³/mol. The second-order valence-electron chi connectivity index (χ2n) is 5.13. The van der Waals surface area contributed by atoms with Crippen LogP contribution in [0.3, 0.4) is 0 Å². The van der Waals surface area contributed by atoms with Crippen molar-refractivity contribution in [1.82, 2.24) is 4.57 Å². The highest BCUT2D eigenvalue weighted by Crippen LogP contribution is 2.55. The minimum absolute atomic E-state index is 0.502. The van der Waals surface area contributed by atoms with Crippen LogP contribution in [0, 0.1) is 5.92 Å². The Morgan fingerprint density at radius 2 is 2.18 bits per heavy atom. The first kappa shape index (κ1) is 9.28. The lowest BCUT2D eigenvalue weighted by Crippen LogP contribution is -2.11.